The average molecular weight is 493 g/mol. The van der Waals surface area contributed by atoms with Crippen LogP contribution in [0.5, 0.6) is 17.2 Å². The van der Waals surface area contributed by atoms with Gasteiger partial charge in [-0.05, 0) is 41.5 Å². The molecular weight excluding hydrogens is 468 g/mol. The Bertz CT molecular complexity index is 1290. The van der Waals surface area contributed by atoms with Crippen molar-refractivity contribution in [2.24, 2.45) is 0 Å². The van der Waals surface area contributed by atoms with Gasteiger partial charge in [0.1, 0.15) is 18.1 Å². The van der Waals surface area contributed by atoms with E-state index in [2.05, 4.69) is 15.7 Å². The van der Waals surface area contributed by atoms with Gasteiger partial charge in [-0.15, -0.1) is 0 Å². The predicted molar refractivity (Wildman–Crippen MR) is 132 cm³/mol. The SMILES string of the molecule is COc1ccc(CNC(=O)Cn2nc3c(c2NC(=O)/C=C\c2ccc4c(c2)OCO4)CSC3)cc1. The minimum Gasteiger partial charge on any atom is -0.497 e. The zero-order chi connectivity index (χ0) is 24.2. The molecule has 0 fully saturated rings. The van der Waals surface area contributed by atoms with E-state index in [4.69, 9.17) is 14.2 Å². The van der Waals surface area contributed by atoms with Gasteiger partial charge < -0.3 is 24.8 Å². The second-order valence-electron chi connectivity index (χ2n) is 7.98. The molecule has 180 valence electrons. The van der Waals surface area contributed by atoms with Gasteiger partial charge in [-0.3, -0.25) is 9.59 Å². The fourth-order valence-electron chi connectivity index (χ4n) is 3.80. The first-order chi connectivity index (χ1) is 17.1. The summed E-state index contributed by atoms with van der Waals surface area (Å²) < 4.78 is 17.4. The number of fused-ring (bicyclic) bond motifs is 2. The second kappa shape index (κ2) is 10.1. The molecule has 1 aromatic heterocycles. The van der Waals surface area contributed by atoms with E-state index in [1.807, 2.05) is 42.5 Å². The number of carbonyl (C=O) groups excluding carboxylic acids is 2. The summed E-state index contributed by atoms with van der Waals surface area (Å²) in [6.45, 7) is 0.596. The van der Waals surface area contributed by atoms with Gasteiger partial charge in [-0.25, -0.2) is 4.68 Å². The van der Waals surface area contributed by atoms with E-state index in [1.165, 1.54) is 6.08 Å². The molecule has 9 nitrogen and oxygen atoms in total. The number of benzene rings is 2. The largest absolute Gasteiger partial charge is 0.497 e. The molecule has 0 aliphatic carbocycles. The summed E-state index contributed by atoms with van der Waals surface area (Å²) in [7, 11) is 1.61. The van der Waals surface area contributed by atoms with Crippen LogP contribution < -0.4 is 24.8 Å². The molecule has 0 saturated carbocycles. The third kappa shape index (κ3) is 5.27. The van der Waals surface area contributed by atoms with E-state index >= 15 is 0 Å². The van der Waals surface area contributed by atoms with Crippen LogP contribution in [0.2, 0.25) is 0 Å². The van der Waals surface area contributed by atoms with Crippen LogP contribution in [-0.4, -0.2) is 35.5 Å². The quantitative estimate of drug-likeness (QED) is 0.465. The van der Waals surface area contributed by atoms with Crippen molar-refractivity contribution in [2.45, 2.75) is 24.6 Å². The number of anilines is 1. The molecule has 2 N–H and O–H groups in total. The molecule has 2 aromatic carbocycles. The Kier molecular flexibility index (Phi) is 6.62. The molecule has 35 heavy (non-hydrogen) atoms. The topological polar surface area (TPSA) is 104 Å². The monoisotopic (exact) mass is 492 g/mol. The maximum absolute atomic E-state index is 12.7. The van der Waals surface area contributed by atoms with Crippen molar-refractivity contribution in [1.82, 2.24) is 15.1 Å². The fourth-order valence-corrected chi connectivity index (χ4v) is 4.84. The molecule has 0 unspecified atom stereocenters. The molecular formula is C25H24N4O5S. The summed E-state index contributed by atoms with van der Waals surface area (Å²) in [6.07, 6.45) is 3.15. The zero-order valence-electron chi connectivity index (χ0n) is 19.1. The standard InChI is InChI=1S/C25H24N4O5S/c1-32-18-6-2-17(3-7-18)11-26-24(31)12-29-25(19-13-35-14-20(19)28-29)27-23(30)9-5-16-4-8-21-22(10-16)34-15-33-21/h2-10H,11-15H2,1H3,(H,26,31)(H,27,30)/b9-5-. The van der Waals surface area contributed by atoms with Crippen molar-refractivity contribution in [3.8, 4) is 17.2 Å². The molecule has 2 amide bonds. The Balaban J connectivity index is 1.23. The number of methoxy groups -OCH3 is 1. The Morgan fingerprint density at radius 1 is 1.14 bits per heavy atom. The predicted octanol–water partition coefficient (Wildman–Crippen LogP) is 3.34. The normalized spacial score (nSPS) is 13.6. The summed E-state index contributed by atoms with van der Waals surface area (Å²) in [5, 5.41) is 10.4. The number of nitrogens with one attached hydrogen (secondary N) is 2. The summed E-state index contributed by atoms with van der Waals surface area (Å²) in [5.41, 5.74) is 3.63. The van der Waals surface area contributed by atoms with Crippen molar-refractivity contribution in [2.75, 3.05) is 19.2 Å². The Morgan fingerprint density at radius 2 is 1.97 bits per heavy atom. The third-order valence-corrected chi connectivity index (χ3v) is 6.60. The van der Waals surface area contributed by atoms with Crippen LogP contribution in [0.4, 0.5) is 5.82 Å². The van der Waals surface area contributed by atoms with E-state index in [-0.39, 0.29) is 25.2 Å². The Morgan fingerprint density at radius 3 is 2.80 bits per heavy atom. The van der Waals surface area contributed by atoms with Crippen molar-refractivity contribution in [3.63, 3.8) is 0 Å². The number of nitrogens with zero attached hydrogens (tertiary/aromatic N) is 2. The smallest absolute Gasteiger partial charge is 0.249 e. The van der Waals surface area contributed by atoms with Crippen LogP contribution in [-0.2, 0) is 34.2 Å². The van der Waals surface area contributed by atoms with Gasteiger partial charge in [-0.2, -0.15) is 16.9 Å². The van der Waals surface area contributed by atoms with E-state index < -0.39 is 0 Å². The van der Waals surface area contributed by atoms with Crippen LogP contribution in [0.1, 0.15) is 22.4 Å². The van der Waals surface area contributed by atoms with Crippen LogP contribution in [0, 0.1) is 0 Å². The van der Waals surface area contributed by atoms with Crippen molar-refractivity contribution in [1.29, 1.82) is 0 Å². The number of rotatable bonds is 8. The van der Waals surface area contributed by atoms with Gasteiger partial charge in [0.15, 0.2) is 11.5 Å². The fraction of sp³-hybridized carbons (Fsp3) is 0.240. The lowest BCUT2D eigenvalue weighted by Crippen LogP contribution is -2.28. The lowest BCUT2D eigenvalue weighted by molar-refractivity contribution is -0.122. The first-order valence-corrected chi connectivity index (χ1v) is 12.2. The summed E-state index contributed by atoms with van der Waals surface area (Å²) in [6, 6.07) is 13.0. The molecule has 0 spiro atoms. The second-order valence-corrected chi connectivity index (χ2v) is 8.97. The van der Waals surface area contributed by atoms with Crippen LogP contribution in [0.3, 0.4) is 0 Å². The lowest BCUT2D eigenvalue weighted by Gasteiger charge is -2.11. The Hall–Kier alpha value is -3.92. The molecule has 3 heterocycles. The van der Waals surface area contributed by atoms with Crippen LogP contribution in [0.25, 0.3) is 6.08 Å². The third-order valence-electron chi connectivity index (χ3n) is 5.63. The summed E-state index contributed by atoms with van der Waals surface area (Å²) in [5.74, 6) is 3.66. The summed E-state index contributed by atoms with van der Waals surface area (Å²) in [4.78, 5) is 25.3. The first-order valence-electron chi connectivity index (χ1n) is 11.0. The molecule has 2 aliphatic rings. The molecule has 2 aliphatic heterocycles. The molecule has 0 saturated heterocycles. The van der Waals surface area contributed by atoms with E-state index in [0.717, 1.165) is 39.6 Å². The Labute approximate surface area is 206 Å². The van der Waals surface area contributed by atoms with Gasteiger partial charge in [0, 0.05) is 29.7 Å². The highest BCUT2D eigenvalue weighted by Crippen LogP contribution is 2.35. The maximum atomic E-state index is 12.7. The lowest BCUT2D eigenvalue weighted by atomic mass is 10.2. The van der Waals surface area contributed by atoms with Crippen molar-refractivity contribution >= 4 is 35.5 Å². The minimum atomic E-state index is -0.304. The van der Waals surface area contributed by atoms with Crippen molar-refractivity contribution in [3.05, 3.63) is 70.9 Å². The van der Waals surface area contributed by atoms with Crippen molar-refractivity contribution < 1.29 is 23.8 Å². The minimum absolute atomic E-state index is 0.00924. The van der Waals surface area contributed by atoms with Crippen LogP contribution >= 0.6 is 11.8 Å². The number of hydrogen-bond acceptors (Lipinski definition) is 7. The average Bonchev–Trinajstić information content (AvgIpc) is 3.59. The molecule has 0 bridgehead atoms. The maximum Gasteiger partial charge on any atom is 0.249 e. The molecule has 0 radical (unpaired) electrons. The number of thioether (sulfide) groups is 1. The van der Waals surface area contributed by atoms with Gasteiger partial charge in [0.05, 0.1) is 12.8 Å². The van der Waals surface area contributed by atoms with Crippen LogP contribution in [0.15, 0.2) is 48.5 Å². The van der Waals surface area contributed by atoms with E-state index in [9.17, 15) is 9.59 Å². The van der Waals surface area contributed by atoms with Gasteiger partial charge in [-0.1, -0.05) is 18.2 Å². The molecule has 5 rings (SSSR count). The van der Waals surface area contributed by atoms with E-state index in [0.29, 0.717) is 23.9 Å². The number of ether oxygens (including phenoxy) is 3. The highest BCUT2D eigenvalue weighted by Gasteiger charge is 2.24. The number of hydrogen-bond donors (Lipinski definition) is 2. The highest BCUT2D eigenvalue weighted by molar-refractivity contribution is 7.98. The molecule has 3 aromatic rings. The molecule has 0 atom stereocenters. The molecule has 10 heteroatoms. The van der Waals surface area contributed by atoms with Gasteiger partial charge in [0.25, 0.3) is 0 Å². The highest BCUT2D eigenvalue weighted by atomic mass is 32.2. The zero-order valence-corrected chi connectivity index (χ0v) is 19.9. The van der Waals surface area contributed by atoms with E-state index in [1.54, 1.807) is 29.6 Å². The summed E-state index contributed by atoms with van der Waals surface area (Å²) >= 11 is 1.73. The number of aromatic nitrogens is 2. The first kappa shape index (κ1) is 22.9. The number of carbonyl (C=O) groups is 2. The number of amides is 2. The van der Waals surface area contributed by atoms with Gasteiger partial charge >= 0.3 is 0 Å². The van der Waals surface area contributed by atoms with Gasteiger partial charge in [0.2, 0.25) is 18.6 Å².